The smallest absolute Gasteiger partial charge is 0.257 e. The van der Waals surface area contributed by atoms with Gasteiger partial charge in [-0.15, -0.1) is 5.10 Å². The van der Waals surface area contributed by atoms with Crippen LogP contribution < -0.4 is 15.2 Å². The monoisotopic (exact) mass is 529 g/mol. The molecule has 0 aromatic carbocycles. The lowest BCUT2D eigenvalue weighted by Crippen LogP contribution is -2.19. The van der Waals surface area contributed by atoms with Gasteiger partial charge in [0.15, 0.2) is 21.3 Å². The van der Waals surface area contributed by atoms with Gasteiger partial charge in [0.05, 0.1) is 11.4 Å². The van der Waals surface area contributed by atoms with Crippen molar-refractivity contribution in [3.63, 3.8) is 0 Å². The molecule has 0 aliphatic heterocycles. The second kappa shape index (κ2) is 8.74. The van der Waals surface area contributed by atoms with E-state index in [2.05, 4.69) is 20.2 Å². The maximum absolute atomic E-state index is 11.6. The highest BCUT2D eigenvalue weighted by Gasteiger charge is 2.22. The maximum atomic E-state index is 11.6. The predicted octanol–water partition coefficient (Wildman–Crippen LogP) is 0.706. The van der Waals surface area contributed by atoms with Gasteiger partial charge in [-0.05, 0) is 51.0 Å². The van der Waals surface area contributed by atoms with Gasteiger partial charge in [-0.2, -0.15) is 14.1 Å². The Hall–Kier alpha value is -2.85. The number of nitrogens with two attached hydrogens (primary N) is 2. The minimum absolute atomic E-state index is 0.0655. The molecule has 0 saturated carbocycles. The van der Waals surface area contributed by atoms with E-state index < -0.39 is 20.0 Å². The first-order valence-corrected chi connectivity index (χ1v) is 13.1. The van der Waals surface area contributed by atoms with E-state index >= 15 is 0 Å². The number of halogens is 1. The number of aryl methyl sites for hydroxylation is 4. The molecule has 0 spiro atoms. The second-order valence-corrected chi connectivity index (χ2v) is 11.1. The number of primary sulfonamides is 2. The normalized spacial score (nSPS) is 12.1. The standard InChI is InChI=1S/C10H15N5O2S.C8H9ClN4O2S/c1-6-5-8(14(3)4)13-15-9(6)12-7(2)10(15)18(11,16)17;1-4-3-6(9)12-13-7(4)11-5(2)8(13)16(10,14)15/h5H,1-4H3,(H2,11,16,17);3H,1-2H3,(H2,10,14,15). The van der Waals surface area contributed by atoms with Crippen LogP contribution in [-0.2, 0) is 20.0 Å². The summed E-state index contributed by atoms with van der Waals surface area (Å²) in [5.74, 6) is 0.641. The lowest BCUT2D eigenvalue weighted by molar-refractivity contribution is 0.587. The minimum Gasteiger partial charge on any atom is -0.361 e. The van der Waals surface area contributed by atoms with Crippen molar-refractivity contribution in [3.05, 3.63) is 39.8 Å². The molecule has 4 rings (SSSR count). The van der Waals surface area contributed by atoms with Gasteiger partial charge in [0.1, 0.15) is 11.0 Å². The van der Waals surface area contributed by atoms with Crippen LogP contribution in [0.1, 0.15) is 22.5 Å². The molecule has 13 nitrogen and oxygen atoms in total. The molecule has 0 bridgehead atoms. The summed E-state index contributed by atoms with van der Waals surface area (Å²) in [6, 6.07) is 3.45. The van der Waals surface area contributed by atoms with E-state index in [0.29, 0.717) is 28.5 Å². The Morgan fingerprint density at radius 3 is 1.62 bits per heavy atom. The second-order valence-electron chi connectivity index (χ2n) is 7.80. The van der Waals surface area contributed by atoms with E-state index in [9.17, 15) is 16.8 Å². The Labute approximate surface area is 201 Å². The van der Waals surface area contributed by atoms with Gasteiger partial charge in [-0.25, -0.2) is 37.1 Å². The van der Waals surface area contributed by atoms with Crippen LogP contribution in [0.3, 0.4) is 0 Å². The summed E-state index contributed by atoms with van der Waals surface area (Å²) in [7, 11) is -4.07. The average Bonchev–Trinajstić information content (AvgIpc) is 3.18. The highest BCUT2D eigenvalue weighted by atomic mass is 35.5. The highest BCUT2D eigenvalue weighted by Crippen LogP contribution is 2.21. The molecule has 184 valence electrons. The summed E-state index contributed by atoms with van der Waals surface area (Å²) in [5.41, 5.74) is 3.17. The predicted molar refractivity (Wildman–Crippen MR) is 127 cm³/mol. The zero-order chi connectivity index (χ0) is 25.7. The lowest BCUT2D eigenvalue weighted by Gasteiger charge is -2.12. The average molecular weight is 530 g/mol. The topological polar surface area (TPSA) is 184 Å². The number of aromatic nitrogens is 6. The molecule has 0 unspecified atom stereocenters. The maximum Gasteiger partial charge on any atom is 0.257 e. The van der Waals surface area contributed by atoms with Crippen LogP contribution in [0.25, 0.3) is 11.3 Å². The summed E-state index contributed by atoms with van der Waals surface area (Å²) >= 11 is 5.76. The molecule has 4 aromatic rings. The molecule has 0 aliphatic rings. The third-order valence-corrected chi connectivity index (χ3v) is 6.93. The molecule has 0 aliphatic carbocycles. The Morgan fingerprint density at radius 2 is 1.21 bits per heavy atom. The largest absolute Gasteiger partial charge is 0.361 e. The van der Waals surface area contributed by atoms with E-state index in [-0.39, 0.29) is 15.2 Å². The molecule has 0 amide bonds. The zero-order valence-electron chi connectivity index (χ0n) is 19.3. The van der Waals surface area contributed by atoms with Gasteiger partial charge in [0.25, 0.3) is 20.0 Å². The van der Waals surface area contributed by atoms with Crippen LogP contribution in [0.2, 0.25) is 5.15 Å². The van der Waals surface area contributed by atoms with E-state index in [0.717, 1.165) is 15.6 Å². The van der Waals surface area contributed by atoms with Gasteiger partial charge in [-0.1, -0.05) is 11.6 Å². The number of fused-ring (bicyclic) bond motifs is 2. The Morgan fingerprint density at radius 1 is 0.794 bits per heavy atom. The molecule has 0 fully saturated rings. The van der Waals surface area contributed by atoms with Crippen LogP contribution >= 0.6 is 11.6 Å². The van der Waals surface area contributed by atoms with E-state index in [4.69, 9.17) is 21.9 Å². The number of anilines is 1. The molecule has 4 N–H and O–H groups in total. The van der Waals surface area contributed by atoms with Crippen molar-refractivity contribution < 1.29 is 16.8 Å². The molecule has 0 saturated heterocycles. The molecule has 16 heteroatoms. The van der Waals surface area contributed by atoms with Crippen molar-refractivity contribution >= 4 is 48.8 Å². The Kier molecular flexibility index (Phi) is 6.62. The highest BCUT2D eigenvalue weighted by molar-refractivity contribution is 7.89. The van der Waals surface area contributed by atoms with Crippen LogP contribution in [0.4, 0.5) is 5.82 Å². The first-order chi connectivity index (χ1) is 15.5. The Balaban J connectivity index is 0.000000192. The van der Waals surface area contributed by atoms with Gasteiger partial charge in [0.2, 0.25) is 0 Å². The first-order valence-electron chi connectivity index (χ1n) is 9.64. The summed E-state index contributed by atoms with van der Waals surface area (Å²) in [6.45, 7) is 6.77. The molecule has 34 heavy (non-hydrogen) atoms. The van der Waals surface area contributed by atoms with Crippen molar-refractivity contribution in [2.75, 3.05) is 19.0 Å². The van der Waals surface area contributed by atoms with Crippen molar-refractivity contribution in [3.8, 4) is 0 Å². The van der Waals surface area contributed by atoms with Crippen LogP contribution in [0.15, 0.2) is 22.2 Å². The molecule has 0 radical (unpaired) electrons. The number of hydrogen-bond donors (Lipinski definition) is 2. The van der Waals surface area contributed by atoms with Crippen molar-refractivity contribution in [1.82, 2.24) is 29.2 Å². The number of nitrogens with zero attached hydrogens (tertiary/aromatic N) is 7. The number of sulfonamides is 2. The number of imidazole rings is 2. The number of hydrogen-bond acceptors (Lipinski definition) is 9. The first kappa shape index (κ1) is 25.8. The van der Waals surface area contributed by atoms with Crippen LogP contribution in [0, 0.1) is 27.7 Å². The quantitative estimate of drug-likeness (QED) is 0.385. The molecular formula is C18H24ClN9O4S2. The van der Waals surface area contributed by atoms with Crippen LogP contribution in [0.5, 0.6) is 0 Å². The van der Waals surface area contributed by atoms with Gasteiger partial charge in [0, 0.05) is 14.1 Å². The van der Waals surface area contributed by atoms with Crippen LogP contribution in [-0.4, -0.2) is 60.1 Å². The molecular weight excluding hydrogens is 506 g/mol. The third-order valence-electron chi connectivity index (χ3n) is 4.73. The van der Waals surface area contributed by atoms with Gasteiger partial charge < -0.3 is 4.90 Å². The van der Waals surface area contributed by atoms with E-state index in [1.165, 1.54) is 4.52 Å². The van der Waals surface area contributed by atoms with Crippen molar-refractivity contribution in [1.29, 1.82) is 0 Å². The lowest BCUT2D eigenvalue weighted by atomic mass is 10.3. The summed E-state index contributed by atoms with van der Waals surface area (Å²) in [6.07, 6.45) is 0. The van der Waals surface area contributed by atoms with E-state index in [1.807, 2.05) is 27.1 Å². The number of rotatable bonds is 3. The Bertz CT molecular complexity index is 1640. The summed E-state index contributed by atoms with van der Waals surface area (Å²) in [5, 5.41) is 18.4. The fourth-order valence-corrected chi connectivity index (χ4v) is 5.22. The third kappa shape index (κ3) is 4.83. The van der Waals surface area contributed by atoms with Crippen molar-refractivity contribution in [2.24, 2.45) is 10.3 Å². The molecule has 4 aromatic heterocycles. The summed E-state index contributed by atoms with van der Waals surface area (Å²) < 4.78 is 48.4. The molecule has 0 atom stereocenters. The van der Waals surface area contributed by atoms with Gasteiger partial charge in [-0.3, -0.25) is 0 Å². The fourth-order valence-electron chi connectivity index (χ4n) is 3.33. The van der Waals surface area contributed by atoms with Gasteiger partial charge >= 0.3 is 0 Å². The fraction of sp³-hybridized carbons (Fsp3) is 0.333. The molecule has 4 heterocycles. The van der Waals surface area contributed by atoms with Crippen molar-refractivity contribution in [2.45, 2.75) is 37.7 Å². The minimum atomic E-state index is -3.87. The van der Waals surface area contributed by atoms with E-state index in [1.54, 1.807) is 31.7 Å². The zero-order valence-corrected chi connectivity index (χ0v) is 21.7. The summed E-state index contributed by atoms with van der Waals surface area (Å²) in [4.78, 5) is 10.1. The SMILES string of the molecule is Cc1nc2c(C)cc(Cl)nn2c1S(N)(=O)=O.Cc1nc2c(C)cc(N(C)C)nn2c1S(N)(=O)=O.